The highest BCUT2D eigenvalue weighted by Crippen LogP contribution is 2.38. The van der Waals surface area contributed by atoms with Gasteiger partial charge < -0.3 is 19.1 Å². The van der Waals surface area contributed by atoms with E-state index in [2.05, 4.69) is 6.92 Å². The van der Waals surface area contributed by atoms with E-state index in [0.29, 0.717) is 46.7 Å². The van der Waals surface area contributed by atoms with Crippen LogP contribution in [0.3, 0.4) is 0 Å². The molecule has 0 saturated heterocycles. The van der Waals surface area contributed by atoms with E-state index < -0.39 is 11.6 Å². The number of fused-ring (bicyclic) bond motifs is 5. The van der Waals surface area contributed by atoms with Crippen molar-refractivity contribution in [1.29, 1.82) is 0 Å². The van der Waals surface area contributed by atoms with Crippen molar-refractivity contribution in [3.05, 3.63) is 57.4 Å². The quantitative estimate of drug-likeness (QED) is 0.134. The van der Waals surface area contributed by atoms with Crippen LogP contribution in [0.1, 0.15) is 101 Å². The molecule has 0 amide bonds. The topological polar surface area (TPSA) is 108 Å². The molecule has 1 aromatic carbocycles. The Kier molecular flexibility index (Phi) is 8.35. The molecular weight excluding hydrogens is 508 g/mol. The van der Waals surface area contributed by atoms with Gasteiger partial charge in [0, 0.05) is 22.9 Å². The third-order valence-electron chi connectivity index (χ3n) is 8.20. The summed E-state index contributed by atoms with van der Waals surface area (Å²) in [4.78, 5) is 42.9. The summed E-state index contributed by atoms with van der Waals surface area (Å²) < 4.78 is 12.4. The number of benzene rings is 1. The van der Waals surface area contributed by atoms with E-state index in [1.54, 1.807) is 35.8 Å². The number of unbranched alkanes of at least 4 members (excludes halogenated alkanes) is 8. The van der Waals surface area contributed by atoms with Crippen molar-refractivity contribution in [3.63, 3.8) is 0 Å². The summed E-state index contributed by atoms with van der Waals surface area (Å²) in [5.74, 6) is -0.500. The van der Waals surface area contributed by atoms with Gasteiger partial charge in [-0.1, -0.05) is 65.2 Å². The van der Waals surface area contributed by atoms with Crippen LogP contribution in [-0.4, -0.2) is 26.6 Å². The van der Waals surface area contributed by atoms with Crippen molar-refractivity contribution >= 4 is 22.8 Å². The Morgan fingerprint density at radius 1 is 1.02 bits per heavy atom. The molecule has 1 atom stereocenters. The minimum absolute atomic E-state index is 0.0976. The number of hydrogen-bond donors (Lipinski definition) is 1. The van der Waals surface area contributed by atoms with Crippen LogP contribution in [0, 0.1) is 0 Å². The van der Waals surface area contributed by atoms with Crippen LogP contribution in [0.2, 0.25) is 0 Å². The minimum atomic E-state index is -1.85. The molecule has 40 heavy (non-hydrogen) atoms. The van der Waals surface area contributed by atoms with E-state index >= 15 is 0 Å². The standard InChI is InChI=1S/C32H38N2O6/c1-3-5-6-7-8-9-10-11-12-13-28(35)40-23-14-15-26-21(17-23)16-22-19-34-27(29(22)33-26)18-25-24(30(34)36)20-39-31(37)32(25,38)4-2/h14-18,38H,3-13,19-20H2,1-2H3/t32-/m0/s1. The van der Waals surface area contributed by atoms with Crippen LogP contribution < -0.4 is 10.3 Å². The van der Waals surface area contributed by atoms with Crippen molar-refractivity contribution in [2.24, 2.45) is 0 Å². The van der Waals surface area contributed by atoms with Crippen LogP contribution in [0.25, 0.3) is 22.3 Å². The van der Waals surface area contributed by atoms with Crippen LogP contribution in [0.5, 0.6) is 5.75 Å². The Morgan fingerprint density at radius 3 is 2.48 bits per heavy atom. The average molecular weight is 547 g/mol. The molecule has 2 aliphatic rings. The average Bonchev–Trinajstić information content (AvgIpc) is 3.31. The van der Waals surface area contributed by atoms with E-state index in [4.69, 9.17) is 14.5 Å². The molecule has 8 nitrogen and oxygen atoms in total. The van der Waals surface area contributed by atoms with Crippen LogP contribution in [-0.2, 0) is 33.1 Å². The maximum Gasteiger partial charge on any atom is 0.343 e. The Hall–Kier alpha value is -3.52. The van der Waals surface area contributed by atoms with Crippen molar-refractivity contribution in [1.82, 2.24) is 9.55 Å². The number of pyridine rings is 2. The Balaban J connectivity index is 1.26. The summed E-state index contributed by atoms with van der Waals surface area (Å²) >= 11 is 0. The molecule has 0 fully saturated rings. The fourth-order valence-corrected chi connectivity index (χ4v) is 5.79. The van der Waals surface area contributed by atoms with E-state index in [1.165, 1.54) is 38.5 Å². The number of nitrogens with zero attached hydrogens (tertiary/aromatic N) is 2. The predicted octanol–water partition coefficient (Wildman–Crippen LogP) is 5.91. The van der Waals surface area contributed by atoms with Gasteiger partial charge in [-0.3, -0.25) is 9.59 Å². The monoisotopic (exact) mass is 546 g/mol. The lowest BCUT2D eigenvalue weighted by Crippen LogP contribution is -2.44. The molecule has 0 radical (unpaired) electrons. The zero-order valence-corrected chi connectivity index (χ0v) is 23.5. The maximum atomic E-state index is 13.3. The Labute approximate surface area is 234 Å². The lowest BCUT2D eigenvalue weighted by molar-refractivity contribution is -0.172. The van der Waals surface area contributed by atoms with Crippen molar-refractivity contribution in [3.8, 4) is 17.1 Å². The molecule has 8 heteroatoms. The van der Waals surface area contributed by atoms with Crippen molar-refractivity contribution in [2.75, 3.05) is 0 Å². The van der Waals surface area contributed by atoms with E-state index in [9.17, 15) is 19.5 Å². The van der Waals surface area contributed by atoms with Crippen LogP contribution in [0.4, 0.5) is 0 Å². The number of hydrogen-bond acceptors (Lipinski definition) is 7. The fourth-order valence-electron chi connectivity index (χ4n) is 5.79. The smallest absolute Gasteiger partial charge is 0.343 e. The second-order valence-electron chi connectivity index (χ2n) is 11.0. The zero-order chi connectivity index (χ0) is 28.3. The summed E-state index contributed by atoms with van der Waals surface area (Å²) in [5.41, 5.74) is 1.20. The minimum Gasteiger partial charge on any atom is -0.458 e. The van der Waals surface area contributed by atoms with E-state index in [0.717, 1.165) is 30.2 Å². The van der Waals surface area contributed by atoms with Gasteiger partial charge in [0.25, 0.3) is 5.56 Å². The zero-order valence-electron chi connectivity index (χ0n) is 23.5. The number of rotatable bonds is 12. The lowest BCUT2D eigenvalue weighted by Gasteiger charge is -2.31. The van der Waals surface area contributed by atoms with Gasteiger partial charge in [0.1, 0.15) is 12.4 Å². The van der Waals surface area contributed by atoms with Gasteiger partial charge >= 0.3 is 11.9 Å². The number of ether oxygens (including phenoxy) is 2. The van der Waals surface area contributed by atoms with Gasteiger partial charge in [-0.25, -0.2) is 9.78 Å². The Morgan fingerprint density at radius 2 is 1.75 bits per heavy atom. The highest BCUT2D eigenvalue weighted by molar-refractivity contribution is 5.87. The van der Waals surface area contributed by atoms with Crippen molar-refractivity contribution in [2.45, 2.75) is 103 Å². The fraction of sp³-hybridized carbons (Fsp3) is 0.500. The molecule has 5 rings (SSSR count). The third-order valence-corrected chi connectivity index (χ3v) is 8.20. The van der Waals surface area contributed by atoms with Gasteiger partial charge in [-0.05, 0) is 43.2 Å². The number of cyclic esters (lactones) is 1. The van der Waals surface area contributed by atoms with Gasteiger partial charge in [0.05, 0.1) is 29.0 Å². The molecule has 2 aromatic heterocycles. The highest BCUT2D eigenvalue weighted by Gasteiger charge is 2.45. The first-order chi connectivity index (χ1) is 19.4. The second kappa shape index (κ2) is 11.9. The molecule has 4 heterocycles. The number of esters is 2. The number of aromatic nitrogens is 2. The Bertz CT molecular complexity index is 1490. The first-order valence-corrected chi connectivity index (χ1v) is 14.7. The molecule has 0 aliphatic carbocycles. The molecule has 0 spiro atoms. The van der Waals surface area contributed by atoms with Gasteiger partial charge in [-0.15, -0.1) is 0 Å². The summed E-state index contributed by atoms with van der Waals surface area (Å²) in [6.45, 7) is 4.07. The normalized spacial score (nSPS) is 17.3. The molecule has 0 unspecified atom stereocenters. The summed E-state index contributed by atoms with van der Waals surface area (Å²) in [5, 5.41) is 11.8. The van der Waals surface area contributed by atoms with Crippen LogP contribution in [0.15, 0.2) is 35.1 Å². The first-order valence-electron chi connectivity index (χ1n) is 14.7. The summed E-state index contributed by atoms with van der Waals surface area (Å²) in [6, 6.07) is 8.99. The highest BCUT2D eigenvalue weighted by atomic mass is 16.6. The SMILES string of the molecule is CCCCCCCCCCCC(=O)Oc1ccc2nc3c(cc2c1)Cn1c-3cc2c(c1=O)COC(=O)[C@]2(O)CC. The molecule has 1 N–H and O–H groups in total. The summed E-state index contributed by atoms with van der Waals surface area (Å²) in [7, 11) is 0. The van der Waals surface area contributed by atoms with Crippen molar-refractivity contribution < 1.29 is 24.2 Å². The number of aliphatic hydroxyl groups is 1. The lowest BCUT2D eigenvalue weighted by atomic mass is 9.86. The molecule has 212 valence electrons. The molecule has 3 aromatic rings. The number of carbonyl (C=O) groups is 2. The largest absolute Gasteiger partial charge is 0.458 e. The van der Waals surface area contributed by atoms with Gasteiger partial charge in [0.15, 0.2) is 5.60 Å². The number of carbonyl (C=O) groups excluding carboxylic acids is 2. The molecular formula is C32H38N2O6. The molecule has 2 aliphatic heterocycles. The maximum absolute atomic E-state index is 13.3. The van der Waals surface area contributed by atoms with E-state index in [-0.39, 0.29) is 24.6 Å². The first kappa shape index (κ1) is 28.0. The predicted molar refractivity (Wildman–Crippen MR) is 152 cm³/mol. The van der Waals surface area contributed by atoms with Gasteiger partial charge in [-0.2, -0.15) is 0 Å². The van der Waals surface area contributed by atoms with Gasteiger partial charge in [0.2, 0.25) is 0 Å². The van der Waals surface area contributed by atoms with E-state index in [1.807, 2.05) is 6.07 Å². The third kappa shape index (κ3) is 5.42. The molecule has 0 bridgehead atoms. The molecule has 0 saturated carbocycles. The van der Waals surface area contributed by atoms with Crippen LogP contribution >= 0.6 is 0 Å². The second-order valence-corrected chi connectivity index (χ2v) is 11.0. The summed E-state index contributed by atoms with van der Waals surface area (Å²) in [6.07, 6.45) is 11.2.